The minimum atomic E-state index is -0.106. The predicted octanol–water partition coefficient (Wildman–Crippen LogP) is 6.18. The number of H-pyrrole nitrogens is 1. The molecule has 110 valence electrons. The quantitative estimate of drug-likeness (QED) is 0.652. The number of nitrogens with one attached hydrogen (secondary N) is 1. The van der Waals surface area contributed by atoms with Gasteiger partial charge >= 0.3 is 0 Å². The zero-order valence-electron chi connectivity index (χ0n) is 12.5. The fraction of sp³-hybridized carbons (Fsp3) is 0.533. The Kier molecular flexibility index (Phi) is 4.00. The summed E-state index contributed by atoms with van der Waals surface area (Å²) >= 11 is 17.7. The molecular formula is C15H20Cl2N2S. The average molecular weight is 331 g/mol. The summed E-state index contributed by atoms with van der Waals surface area (Å²) in [6, 6.07) is 3.72. The molecule has 20 heavy (non-hydrogen) atoms. The van der Waals surface area contributed by atoms with Gasteiger partial charge in [-0.25, -0.2) is 0 Å². The fourth-order valence-electron chi connectivity index (χ4n) is 3.08. The number of aromatic amines is 1. The van der Waals surface area contributed by atoms with Gasteiger partial charge in [0.1, 0.15) is 0 Å². The number of nitrogens with zero attached hydrogens (tertiary/aromatic N) is 1. The van der Waals surface area contributed by atoms with E-state index in [1.165, 1.54) is 0 Å². The molecule has 1 aromatic heterocycles. The number of halogens is 2. The van der Waals surface area contributed by atoms with Crippen LogP contribution in [-0.4, -0.2) is 9.55 Å². The van der Waals surface area contributed by atoms with E-state index in [2.05, 4.69) is 44.2 Å². The molecule has 0 aliphatic carbocycles. The van der Waals surface area contributed by atoms with E-state index >= 15 is 0 Å². The lowest BCUT2D eigenvalue weighted by molar-refractivity contribution is 0.217. The highest BCUT2D eigenvalue weighted by molar-refractivity contribution is 7.71. The molecule has 0 fully saturated rings. The first-order chi connectivity index (χ1) is 9.01. The van der Waals surface area contributed by atoms with Crippen LogP contribution in [0, 0.1) is 10.2 Å². The van der Waals surface area contributed by atoms with E-state index in [4.69, 9.17) is 35.4 Å². The summed E-state index contributed by atoms with van der Waals surface area (Å²) in [7, 11) is 0. The van der Waals surface area contributed by atoms with E-state index in [1.807, 2.05) is 12.1 Å². The molecule has 0 aliphatic rings. The SMILES string of the molecule is CC(C)(C)CC(C)(C)n1c(=S)[nH]c2cc(Cl)c(Cl)cc21. The van der Waals surface area contributed by atoms with E-state index in [1.54, 1.807) is 0 Å². The third kappa shape index (κ3) is 3.05. The Balaban J connectivity index is 2.68. The number of aromatic nitrogens is 2. The van der Waals surface area contributed by atoms with E-state index in [0.717, 1.165) is 17.5 Å². The monoisotopic (exact) mass is 330 g/mol. The lowest BCUT2D eigenvalue weighted by Gasteiger charge is -2.34. The Morgan fingerprint density at radius 3 is 2.20 bits per heavy atom. The molecule has 1 heterocycles. The van der Waals surface area contributed by atoms with Gasteiger partial charge in [-0.1, -0.05) is 44.0 Å². The first kappa shape index (κ1) is 15.9. The van der Waals surface area contributed by atoms with Crippen molar-refractivity contribution in [1.82, 2.24) is 9.55 Å². The third-order valence-corrected chi connectivity index (χ3v) is 4.30. The van der Waals surface area contributed by atoms with Crippen LogP contribution in [-0.2, 0) is 5.54 Å². The maximum absolute atomic E-state index is 6.16. The maximum Gasteiger partial charge on any atom is 0.178 e. The highest BCUT2D eigenvalue weighted by Gasteiger charge is 2.29. The largest absolute Gasteiger partial charge is 0.331 e. The summed E-state index contributed by atoms with van der Waals surface area (Å²) in [6.07, 6.45) is 1.00. The van der Waals surface area contributed by atoms with Gasteiger partial charge in [0, 0.05) is 5.54 Å². The zero-order valence-corrected chi connectivity index (χ0v) is 14.8. The van der Waals surface area contributed by atoms with Crippen LogP contribution in [0.25, 0.3) is 11.0 Å². The fourth-order valence-corrected chi connectivity index (χ4v) is 3.86. The van der Waals surface area contributed by atoms with E-state index < -0.39 is 0 Å². The first-order valence-electron chi connectivity index (χ1n) is 6.61. The molecule has 0 amide bonds. The first-order valence-corrected chi connectivity index (χ1v) is 7.78. The Hall–Kier alpha value is -0.510. The van der Waals surface area contributed by atoms with Gasteiger partial charge < -0.3 is 9.55 Å². The van der Waals surface area contributed by atoms with Crippen LogP contribution in [0.5, 0.6) is 0 Å². The van der Waals surface area contributed by atoms with Gasteiger partial charge in [0.25, 0.3) is 0 Å². The lowest BCUT2D eigenvalue weighted by atomic mass is 9.81. The molecule has 0 unspecified atom stereocenters. The van der Waals surface area contributed by atoms with Crippen LogP contribution in [0.4, 0.5) is 0 Å². The van der Waals surface area contributed by atoms with Crippen molar-refractivity contribution in [3.05, 3.63) is 26.9 Å². The molecule has 1 N–H and O–H groups in total. The summed E-state index contributed by atoms with van der Waals surface area (Å²) in [5.74, 6) is 0. The number of fused-ring (bicyclic) bond motifs is 1. The molecular weight excluding hydrogens is 311 g/mol. The average Bonchev–Trinajstić information content (AvgIpc) is 2.51. The summed E-state index contributed by atoms with van der Waals surface area (Å²) in [5.41, 5.74) is 2.02. The van der Waals surface area contributed by atoms with Gasteiger partial charge in [0.2, 0.25) is 0 Å². The second kappa shape index (κ2) is 5.04. The smallest absolute Gasteiger partial charge is 0.178 e. The number of rotatable bonds is 2. The Labute approximate surface area is 135 Å². The number of benzene rings is 1. The second-order valence-corrected chi connectivity index (χ2v) is 8.30. The molecule has 1 aromatic carbocycles. The van der Waals surface area contributed by atoms with Crippen molar-refractivity contribution in [1.29, 1.82) is 0 Å². The summed E-state index contributed by atoms with van der Waals surface area (Å²) in [6.45, 7) is 11.1. The molecule has 0 aliphatic heterocycles. The van der Waals surface area contributed by atoms with Crippen molar-refractivity contribution < 1.29 is 0 Å². The minimum absolute atomic E-state index is 0.106. The van der Waals surface area contributed by atoms with Crippen molar-refractivity contribution in [3.63, 3.8) is 0 Å². The van der Waals surface area contributed by atoms with Gasteiger partial charge in [0.15, 0.2) is 4.77 Å². The van der Waals surface area contributed by atoms with Gasteiger partial charge in [-0.3, -0.25) is 0 Å². The van der Waals surface area contributed by atoms with Crippen molar-refractivity contribution in [3.8, 4) is 0 Å². The molecule has 0 spiro atoms. The van der Waals surface area contributed by atoms with E-state index in [0.29, 0.717) is 14.8 Å². The van der Waals surface area contributed by atoms with E-state index in [9.17, 15) is 0 Å². The Bertz CT molecular complexity index is 705. The van der Waals surface area contributed by atoms with Gasteiger partial charge in [0.05, 0.1) is 21.1 Å². The van der Waals surface area contributed by atoms with Crippen LogP contribution in [0.2, 0.25) is 10.0 Å². The molecule has 2 aromatic rings. The summed E-state index contributed by atoms with van der Waals surface area (Å²) in [5, 5.41) is 1.09. The summed E-state index contributed by atoms with van der Waals surface area (Å²) < 4.78 is 2.85. The molecule has 5 heteroatoms. The Morgan fingerprint density at radius 2 is 1.65 bits per heavy atom. The van der Waals surface area contributed by atoms with Gasteiger partial charge in [-0.2, -0.15) is 0 Å². The molecule has 0 bridgehead atoms. The third-order valence-electron chi connectivity index (χ3n) is 3.29. The van der Waals surface area contributed by atoms with E-state index in [-0.39, 0.29) is 11.0 Å². The van der Waals surface area contributed by atoms with Crippen molar-refractivity contribution >= 4 is 46.5 Å². The molecule has 2 rings (SSSR count). The van der Waals surface area contributed by atoms with Crippen molar-refractivity contribution in [2.45, 2.75) is 46.6 Å². The molecule has 0 saturated carbocycles. The van der Waals surface area contributed by atoms with Gasteiger partial charge in [-0.05, 0) is 50.0 Å². The molecule has 0 atom stereocenters. The second-order valence-electron chi connectivity index (χ2n) is 7.10. The normalized spacial score (nSPS) is 13.2. The highest BCUT2D eigenvalue weighted by Crippen LogP contribution is 2.36. The van der Waals surface area contributed by atoms with Crippen LogP contribution in [0.3, 0.4) is 0 Å². The maximum atomic E-state index is 6.16. The minimum Gasteiger partial charge on any atom is -0.331 e. The van der Waals surface area contributed by atoms with Crippen LogP contribution in [0.15, 0.2) is 12.1 Å². The number of imidazole rings is 1. The number of hydrogen-bond donors (Lipinski definition) is 1. The highest BCUT2D eigenvalue weighted by atomic mass is 35.5. The summed E-state index contributed by atoms with van der Waals surface area (Å²) in [4.78, 5) is 3.22. The van der Waals surface area contributed by atoms with Crippen molar-refractivity contribution in [2.75, 3.05) is 0 Å². The number of hydrogen-bond acceptors (Lipinski definition) is 1. The Morgan fingerprint density at radius 1 is 1.10 bits per heavy atom. The molecule has 0 saturated heterocycles. The predicted molar refractivity (Wildman–Crippen MR) is 90.5 cm³/mol. The molecule has 2 nitrogen and oxygen atoms in total. The lowest BCUT2D eigenvalue weighted by Crippen LogP contribution is -2.31. The zero-order chi connectivity index (χ0) is 15.3. The van der Waals surface area contributed by atoms with Crippen LogP contribution < -0.4 is 0 Å². The van der Waals surface area contributed by atoms with Crippen LogP contribution in [0.1, 0.15) is 41.0 Å². The van der Waals surface area contributed by atoms with Gasteiger partial charge in [-0.15, -0.1) is 0 Å². The van der Waals surface area contributed by atoms with Crippen LogP contribution >= 0.6 is 35.4 Å². The molecule has 0 radical (unpaired) electrons. The van der Waals surface area contributed by atoms with Crippen molar-refractivity contribution in [2.24, 2.45) is 5.41 Å². The topological polar surface area (TPSA) is 20.7 Å². The standard InChI is InChI=1S/C15H20Cl2N2S/c1-14(2,3)8-15(4,5)19-12-7-10(17)9(16)6-11(12)18-13(19)20/h6-7H,8H2,1-5H3,(H,18,20).